The Morgan fingerprint density at radius 3 is 2.72 bits per heavy atom. The van der Waals surface area contributed by atoms with Crippen molar-refractivity contribution in [2.45, 2.75) is 6.92 Å². The molecule has 0 fully saturated rings. The van der Waals surface area contributed by atoms with Crippen LogP contribution in [-0.2, 0) is 9.59 Å². The fraction of sp³-hybridized carbons (Fsp3) is 0.105. The minimum absolute atomic E-state index is 0.0774. The molecule has 2 aromatic carbocycles. The molecule has 3 rings (SSSR count). The largest absolute Gasteiger partial charge is 0.495 e. The van der Waals surface area contributed by atoms with Gasteiger partial charge in [0, 0.05) is 11.3 Å². The van der Waals surface area contributed by atoms with Crippen LogP contribution in [0.3, 0.4) is 0 Å². The second-order valence-corrected chi connectivity index (χ2v) is 5.52. The Bertz CT molecular complexity index is 955. The van der Waals surface area contributed by atoms with E-state index < -0.39 is 11.8 Å². The van der Waals surface area contributed by atoms with Crippen molar-refractivity contribution in [3.63, 3.8) is 0 Å². The number of fused-ring (bicyclic) bond motifs is 1. The molecule has 0 aromatic heterocycles. The Morgan fingerprint density at radius 1 is 1.24 bits per heavy atom. The molecule has 1 heterocycles. The number of nitrogens with zero attached hydrogens (tertiary/aromatic N) is 1. The van der Waals surface area contributed by atoms with Crippen molar-refractivity contribution < 1.29 is 14.3 Å². The average molecular weight is 333 g/mol. The number of carbonyl (C=O) groups excluding carboxylic acids is 2. The molecule has 0 saturated heterocycles. The summed E-state index contributed by atoms with van der Waals surface area (Å²) in [5, 5.41) is 14.8. The number of anilines is 2. The van der Waals surface area contributed by atoms with Crippen molar-refractivity contribution in [3.05, 3.63) is 59.2 Å². The first-order chi connectivity index (χ1) is 12.0. The Morgan fingerprint density at radius 2 is 2.00 bits per heavy atom. The molecule has 0 unspecified atom stereocenters. The third-order valence-electron chi connectivity index (χ3n) is 3.86. The Balaban J connectivity index is 2.04. The van der Waals surface area contributed by atoms with E-state index in [1.165, 1.54) is 7.11 Å². The van der Waals surface area contributed by atoms with Gasteiger partial charge in [0.05, 0.1) is 18.4 Å². The summed E-state index contributed by atoms with van der Waals surface area (Å²) in [6, 6.07) is 14.1. The molecule has 2 aromatic rings. The summed E-state index contributed by atoms with van der Waals surface area (Å²) in [6.45, 7) is 1.88. The van der Waals surface area contributed by atoms with Gasteiger partial charge in [0.1, 0.15) is 17.4 Å². The van der Waals surface area contributed by atoms with Gasteiger partial charge >= 0.3 is 0 Å². The maximum Gasteiger partial charge on any atom is 0.267 e. The first-order valence-electron chi connectivity index (χ1n) is 7.56. The monoisotopic (exact) mass is 333 g/mol. The van der Waals surface area contributed by atoms with Crippen molar-refractivity contribution in [2.75, 3.05) is 17.7 Å². The number of nitrogens with one attached hydrogen (secondary N) is 2. The number of para-hydroxylation sites is 2. The maximum atomic E-state index is 12.6. The Hall–Kier alpha value is -3.59. The van der Waals surface area contributed by atoms with Gasteiger partial charge in [-0.25, -0.2) is 0 Å². The van der Waals surface area contributed by atoms with E-state index in [0.29, 0.717) is 22.7 Å². The van der Waals surface area contributed by atoms with Crippen molar-refractivity contribution in [2.24, 2.45) is 0 Å². The van der Waals surface area contributed by atoms with Crippen LogP contribution < -0.4 is 15.4 Å². The third kappa shape index (κ3) is 2.95. The van der Waals surface area contributed by atoms with Crippen LogP contribution in [0.15, 0.2) is 48.0 Å². The predicted molar refractivity (Wildman–Crippen MR) is 94.0 cm³/mol. The van der Waals surface area contributed by atoms with E-state index in [9.17, 15) is 14.9 Å². The molecule has 6 heteroatoms. The summed E-state index contributed by atoms with van der Waals surface area (Å²) < 4.78 is 5.19. The highest BCUT2D eigenvalue weighted by molar-refractivity contribution is 6.37. The van der Waals surface area contributed by atoms with E-state index in [-0.39, 0.29) is 11.1 Å². The predicted octanol–water partition coefficient (Wildman–Crippen LogP) is 2.87. The van der Waals surface area contributed by atoms with Crippen molar-refractivity contribution >= 4 is 28.8 Å². The number of benzene rings is 2. The first kappa shape index (κ1) is 16.3. The van der Waals surface area contributed by atoms with E-state index >= 15 is 0 Å². The van der Waals surface area contributed by atoms with Crippen LogP contribution in [0.25, 0.3) is 5.57 Å². The Kier molecular flexibility index (Phi) is 4.23. The van der Waals surface area contributed by atoms with Gasteiger partial charge in [0.15, 0.2) is 0 Å². The zero-order valence-corrected chi connectivity index (χ0v) is 13.7. The van der Waals surface area contributed by atoms with Gasteiger partial charge in [0.2, 0.25) is 0 Å². The van der Waals surface area contributed by atoms with Crippen LogP contribution in [0.5, 0.6) is 5.75 Å². The van der Waals surface area contributed by atoms with E-state index in [2.05, 4.69) is 10.6 Å². The number of hydrogen-bond donors (Lipinski definition) is 2. The molecule has 25 heavy (non-hydrogen) atoms. The van der Waals surface area contributed by atoms with Crippen LogP contribution in [0, 0.1) is 18.3 Å². The van der Waals surface area contributed by atoms with Crippen LogP contribution >= 0.6 is 0 Å². The molecular weight excluding hydrogens is 318 g/mol. The molecule has 0 bridgehead atoms. The summed E-state index contributed by atoms with van der Waals surface area (Å²) in [4.78, 5) is 24.9. The Labute approximate surface area is 144 Å². The fourth-order valence-corrected chi connectivity index (χ4v) is 2.68. The van der Waals surface area contributed by atoms with Crippen molar-refractivity contribution in [3.8, 4) is 11.8 Å². The molecule has 2 N–H and O–H groups in total. The van der Waals surface area contributed by atoms with Gasteiger partial charge in [-0.05, 0) is 31.2 Å². The molecule has 2 amide bonds. The summed E-state index contributed by atoms with van der Waals surface area (Å²) in [5.74, 6) is -0.663. The summed E-state index contributed by atoms with van der Waals surface area (Å²) in [7, 11) is 1.48. The molecule has 0 aliphatic carbocycles. The lowest BCUT2D eigenvalue weighted by molar-refractivity contribution is -0.113. The third-order valence-corrected chi connectivity index (χ3v) is 3.86. The number of amides is 2. The van der Waals surface area contributed by atoms with E-state index in [1.54, 1.807) is 36.4 Å². The molecule has 0 saturated carbocycles. The number of methoxy groups -OCH3 is 1. The summed E-state index contributed by atoms with van der Waals surface area (Å²) in [5.41, 5.74) is 2.32. The van der Waals surface area contributed by atoms with Gasteiger partial charge < -0.3 is 15.4 Å². The molecule has 124 valence electrons. The summed E-state index contributed by atoms with van der Waals surface area (Å²) in [6.07, 6.45) is 0. The summed E-state index contributed by atoms with van der Waals surface area (Å²) >= 11 is 0. The van der Waals surface area contributed by atoms with E-state index in [4.69, 9.17) is 4.74 Å². The standard InChI is InChI=1S/C19H15N3O3/c1-11-7-8-14-12(9-11)17(19(24)21-14)13(10-20)18(23)22-15-5-3-4-6-16(15)25-2/h3-9H,1-2H3,(H,21,24)(H,22,23)/b17-13-. The van der Waals surface area contributed by atoms with E-state index in [1.807, 2.05) is 19.1 Å². The number of carbonyl (C=O) groups is 2. The van der Waals surface area contributed by atoms with Gasteiger partial charge in [0.25, 0.3) is 11.8 Å². The van der Waals surface area contributed by atoms with Crippen LogP contribution in [0.4, 0.5) is 11.4 Å². The van der Waals surface area contributed by atoms with E-state index in [0.717, 1.165) is 5.56 Å². The van der Waals surface area contributed by atoms with Gasteiger partial charge in [-0.2, -0.15) is 5.26 Å². The fourth-order valence-electron chi connectivity index (χ4n) is 2.68. The number of rotatable bonds is 3. The lowest BCUT2D eigenvalue weighted by Gasteiger charge is -2.10. The molecule has 1 aliphatic heterocycles. The first-order valence-corrected chi connectivity index (χ1v) is 7.56. The highest BCUT2D eigenvalue weighted by atomic mass is 16.5. The highest BCUT2D eigenvalue weighted by Crippen LogP contribution is 2.35. The van der Waals surface area contributed by atoms with Crippen LogP contribution in [0.1, 0.15) is 11.1 Å². The van der Waals surface area contributed by atoms with Crippen LogP contribution in [0.2, 0.25) is 0 Å². The molecule has 6 nitrogen and oxygen atoms in total. The SMILES string of the molecule is COc1ccccc1NC(=O)/C(C#N)=C1\C(=O)Nc2ccc(C)cc21. The quantitative estimate of drug-likeness (QED) is 0.667. The highest BCUT2D eigenvalue weighted by Gasteiger charge is 2.30. The zero-order valence-electron chi connectivity index (χ0n) is 13.7. The maximum absolute atomic E-state index is 12.6. The normalized spacial score (nSPS) is 14.2. The molecule has 0 radical (unpaired) electrons. The number of ether oxygens (including phenoxy) is 1. The average Bonchev–Trinajstić information content (AvgIpc) is 2.92. The zero-order chi connectivity index (χ0) is 18.0. The number of hydrogen-bond acceptors (Lipinski definition) is 4. The minimum Gasteiger partial charge on any atom is -0.495 e. The van der Waals surface area contributed by atoms with Gasteiger partial charge in [-0.15, -0.1) is 0 Å². The number of nitriles is 1. The molecule has 1 aliphatic rings. The second kappa shape index (κ2) is 6.49. The van der Waals surface area contributed by atoms with Gasteiger partial charge in [-0.1, -0.05) is 23.8 Å². The molecule has 0 spiro atoms. The molecular formula is C19H15N3O3. The van der Waals surface area contributed by atoms with Crippen LogP contribution in [-0.4, -0.2) is 18.9 Å². The number of aryl methyl sites for hydroxylation is 1. The minimum atomic E-state index is -0.661. The molecule has 0 atom stereocenters. The van der Waals surface area contributed by atoms with Gasteiger partial charge in [-0.3, -0.25) is 9.59 Å². The van der Waals surface area contributed by atoms with Crippen molar-refractivity contribution in [1.82, 2.24) is 0 Å². The van der Waals surface area contributed by atoms with Crippen molar-refractivity contribution in [1.29, 1.82) is 5.26 Å². The topological polar surface area (TPSA) is 91.2 Å². The lowest BCUT2D eigenvalue weighted by Crippen LogP contribution is -2.18. The smallest absolute Gasteiger partial charge is 0.267 e. The lowest BCUT2D eigenvalue weighted by atomic mass is 9.99. The second-order valence-electron chi connectivity index (χ2n) is 5.52.